The molecule has 104 valence electrons. The van der Waals surface area contributed by atoms with Crippen molar-refractivity contribution >= 4 is 12.0 Å². The highest BCUT2D eigenvalue weighted by molar-refractivity contribution is 5.74. The van der Waals surface area contributed by atoms with Crippen LogP contribution in [0.1, 0.15) is 18.4 Å². The summed E-state index contributed by atoms with van der Waals surface area (Å²) >= 11 is 0. The second-order valence-electron chi connectivity index (χ2n) is 4.25. The van der Waals surface area contributed by atoms with Crippen LogP contribution in [0.3, 0.4) is 0 Å². The largest absolute Gasteiger partial charge is 0.469 e. The summed E-state index contributed by atoms with van der Waals surface area (Å²) in [6, 6.07) is 9.57. The monoisotopic (exact) mass is 264 g/mol. The quantitative estimate of drug-likeness (QED) is 0.797. The Morgan fingerprint density at radius 2 is 1.95 bits per heavy atom. The van der Waals surface area contributed by atoms with Gasteiger partial charge in [-0.3, -0.25) is 4.79 Å². The number of esters is 1. The normalized spacial score (nSPS) is 9.79. The van der Waals surface area contributed by atoms with Gasteiger partial charge in [0.1, 0.15) is 0 Å². The number of urea groups is 1. The number of ether oxygens (including phenoxy) is 1. The van der Waals surface area contributed by atoms with Crippen molar-refractivity contribution in [3.63, 3.8) is 0 Å². The van der Waals surface area contributed by atoms with E-state index in [1.54, 1.807) is 11.9 Å². The van der Waals surface area contributed by atoms with Gasteiger partial charge in [0.25, 0.3) is 0 Å². The summed E-state index contributed by atoms with van der Waals surface area (Å²) in [5.74, 6) is -0.252. The molecule has 0 unspecified atom stereocenters. The van der Waals surface area contributed by atoms with Crippen LogP contribution in [0, 0.1) is 0 Å². The molecule has 1 aromatic rings. The summed E-state index contributed by atoms with van der Waals surface area (Å²) in [6.07, 6.45) is 0.925. The van der Waals surface area contributed by atoms with Crippen LogP contribution in [-0.4, -0.2) is 37.6 Å². The number of carbonyl (C=O) groups excluding carboxylic acids is 2. The third kappa shape index (κ3) is 5.90. The van der Waals surface area contributed by atoms with E-state index in [2.05, 4.69) is 10.1 Å². The van der Waals surface area contributed by atoms with Gasteiger partial charge in [-0.1, -0.05) is 30.3 Å². The first-order valence-electron chi connectivity index (χ1n) is 6.23. The average Bonchev–Trinajstić information content (AvgIpc) is 2.45. The fourth-order valence-corrected chi connectivity index (χ4v) is 1.57. The molecule has 1 aromatic carbocycles. The molecule has 0 saturated carbocycles. The van der Waals surface area contributed by atoms with Gasteiger partial charge in [0, 0.05) is 26.6 Å². The molecule has 0 fully saturated rings. The van der Waals surface area contributed by atoms with Gasteiger partial charge in [0.15, 0.2) is 0 Å². The second kappa shape index (κ2) is 8.13. The van der Waals surface area contributed by atoms with Crippen LogP contribution in [0.5, 0.6) is 0 Å². The molecule has 0 heterocycles. The first-order valence-corrected chi connectivity index (χ1v) is 6.23. The van der Waals surface area contributed by atoms with Crippen LogP contribution >= 0.6 is 0 Å². The summed E-state index contributed by atoms with van der Waals surface area (Å²) in [6.45, 7) is 1.02. The van der Waals surface area contributed by atoms with Gasteiger partial charge in [0.05, 0.1) is 7.11 Å². The zero-order chi connectivity index (χ0) is 14.1. The number of nitrogens with one attached hydrogen (secondary N) is 1. The van der Waals surface area contributed by atoms with Crippen molar-refractivity contribution in [1.82, 2.24) is 10.2 Å². The Morgan fingerprint density at radius 1 is 1.26 bits per heavy atom. The van der Waals surface area contributed by atoms with Crippen molar-refractivity contribution < 1.29 is 14.3 Å². The molecular formula is C14H20N2O3. The van der Waals surface area contributed by atoms with E-state index < -0.39 is 0 Å². The maximum absolute atomic E-state index is 11.8. The molecule has 1 N–H and O–H groups in total. The maximum atomic E-state index is 11.8. The minimum absolute atomic E-state index is 0.145. The summed E-state index contributed by atoms with van der Waals surface area (Å²) in [5, 5.41) is 2.82. The molecule has 2 amide bonds. The number of rotatable bonds is 6. The van der Waals surface area contributed by atoms with Crippen LogP contribution in [0.25, 0.3) is 0 Å². The van der Waals surface area contributed by atoms with E-state index in [0.717, 1.165) is 5.56 Å². The maximum Gasteiger partial charge on any atom is 0.317 e. The van der Waals surface area contributed by atoms with Crippen molar-refractivity contribution in [1.29, 1.82) is 0 Å². The topological polar surface area (TPSA) is 58.6 Å². The Morgan fingerprint density at radius 3 is 2.58 bits per heavy atom. The SMILES string of the molecule is COC(=O)CCCN(C)C(=O)NCc1ccccc1. The van der Waals surface area contributed by atoms with Crippen molar-refractivity contribution in [3.05, 3.63) is 35.9 Å². The van der Waals surface area contributed by atoms with E-state index in [1.807, 2.05) is 30.3 Å². The minimum Gasteiger partial charge on any atom is -0.469 e. The second-order valence-corrected chi connectivity index (χ2v) is 4.25. The van der Waals surface area contributed by atoms with E-state index in [1.165, 1.54) is 7.11 Å². The zero-order valence-electron chi connectivity index (χ0n) is 11.4. The number of carbonyl (C=O) groups is 2. The Bertz CT molecular complexity index is 406. The van der Waals surface area contributed by atoms with Gasteiger partial charge in [-0.15, -0.1) is 0 Å². The van der Waals surface area contributed by atoms with E-state index in [-0.39, 0.29) is 12.0 Å². The first kappa shape index (κ1) is 15.0. The van der Waals surface area contributed by atoms with Crippen LogP contribution in [-0.2, 0) is 16.1 Å². The van der Waals surface area contributed by atoms with Crippen LogP contribution in [0.2, 0.25) is 0 Å². The third-order valence-corrected chi connectivity index (χ3v) is 2.74. The van der Waals surface area contributed by atoms with Crippen molar-refractivity contribution in [2.75, 3.05) is 20.7 Å². The zero-order valence-corrected chi connectivity index (χ0v) is 11.4. The molecule has 0 saturated heterocycles. The summed E-state index contributed by atoms with van der Waals surface area (Å²) in [4.78, 5) is 24.3. The number of amides is 2. The van der Waals surface area contributed by atoms with Gasteiger partial charge in [-0.25, -0.2) is 4.79 Å². The number of methoxy groups -OCH3 is 1. The predicted molar refractivity (Wildman–Crippen MR) is 72.6 cm³/mol. The molecule has 0 aliphatic rings. The Kier molecular flexibility index (Phi) is 6.43. The lowest BCUT2D eigenvalue weighted by molar-refractivity contribution is -0.140. The molecule has 0 atom stereocenters. The van der Waals surface area contributed by atoms with Gasteiger partial charge < -0.3 is 15.0 Å². The number of benzene rings is 1. The third-order valence-electron chi connectivity index (χ3n) is 2.74. The molecule has 0 bridgehead atoms. The summed E-state index contributed by atoms with van der Waals surface area (Å²) < 4.78 is 4.54. The highest BCUT2D eigenvalue weighted by Crippen LogP contribution is 1.99. The van der Waals surface area contributed by atoms with E-state index in [4.69, 9.17) is 0 Å². The molecule has 1 rings (SSSR count). The van der Waals surface area contributed by atoms with E-state index >= 15 is 0 Å². The molecule has 0 aliphatic heterocycles. The van der Waals surface area contributed by atoms with E-state index in [9.17, 15) is 9.59 Å². The molecule has 0 radical (unpaired) electrons. The number of hydrogen-bond donors (Lipinski definition) is 1. The Labute approximate surface area is 113 Å². The molecule has 19 heavy (non-hydrogen) atoms. The van der Waals surface area contributed by atoms with Gasteiger partial charge in [0.2, 0.25) is 0 Å². The highest BCUT2D eigenvalue weighted by Gasteiger charge is 2.08. The molecule has 5 heteroatoms. The fraction of sp³-hybridized carbons (Fsp3) is 0.429. The Balaban J connectivity index is 2.23. The molecule has 5 nitrogen and oxygen atoms in total. The summed E-state index contributed by atoms with van der Waals surface area (Å²) in [5.41, 5.74) is 1.05. The van der Waals surface area contributed by atoms with Gasteiger partial charge >= 0.3 is 12.0 Å². The van der Waals surface area contributed by atoms with Crippen LogP contribution < -0.4 is 5.32 Å². The number of nitrogens with zero attached hydrogens (tertiary/aromatic N) is 1. The van der Waals surface area contributed by atoms with Crippen molar-refractivity contribution in [2.45, 2.75) is 19.4 Å². The smallest absolute Gasteiger partial charge is 0.317 e. The van der Waals surface area contributed by atoms with Gasteiger partial charge in [-0.05, 0) is 12.0 Å². The standard InChI is InChI=1S/C14H20N2O3/c1-16(10-6-9-13(17)19-2)14(18)15-11-12-7-4-3-5-8-12/h3-5,7-8H,6,9-11H2,1-2H3,(H,15,18). The fourth-order valence-electron chi connectivity index (χ4n) is 1.57. The lowest BCUT2D eigenvalue weighted by Crippen LogP contribution is -2.37. The predicted octanol–water partition coefficient (Wildman–Crippen LogP) is 1.78. The minimum atomic E-state index is -0.252. The van der Waals surface area contributed by atoms with Gasteiger partial charge in [-0.2, -0.15) is 0 Å². The summed E-state index contributed by atoms with van der Waals surface area (Å²) in [7, 11) is 3.07. The highest BCUT2D eigenvalue weighted by atomic mass is 16.5. The van der Waals surface area contributed by atoms with E-state index in [0.29, 0.717) is 25.9 Å². The molecule has 0 aromatic heterocycles. The van der Waals surface area contributed by atoms with Crippen LogP contribution in [0.15, 0.2) is 30.3 Å². The lowest BCUT2D eigenvalue weighted by Gasteiger charge is -2.17. The molecule has 0 aliphatic carbocycles. The van der Waals surface area contributed by atoms with Crippen molar-refractivity contribution in [2.24, 2.45) is 0 Å². The first-order chi connectivity index (χ1) is 9.13. The lowest BCUT2D eigenvalue weighted by atomic mass is 10.2. The molecular weight excluding hydrogens is 244 g/mol. The average molecular weight is 264 g/mol. The molecule has 0 spiro atoms. The Hall–Kier alpha value is -2.04. The van der Waals surface area contributed by atoms with Crippen LogP contribution in [0.4, 0.5) is 4.79 Å². The number of hydrogen-bond acceptors (Lipinski definition) is 3. The van der Waals surface area contributed by atoms with Crippen molar-refractivity contribution in [3.8, 4) is 0 Å².